The molecule has 0 saturated carbocycles. The van der Waals surface area contributed by atoms with Gasteiger partial charge in [0, 0.05) is 12.4 Å². The van der Waals surface area contributed by atoms with Gasteiger partial charge in [-0.05, 0) is 30.0 Å². The highest BCUT2D eigenvalue weighted by atomic mass is 16.2. The van der Waals surface area contributed by atoms with Crippen molar-refractivity contribution in [3.8, 4) is 0 Å². The minimum atomic E-state index is 0.0143. The summed E-state index contributed by atoms with van der Waals surface area (Å²) in [6, 6.07) is 10.3. The van der Waals surface area contributed by atoms with Gasteiger partial charge in [0.15, 0.2) is 0 Å². The van der Waals surface area contributed by atoms with Crippen LogP contribution in [0, 0.1) is 0 Å². The monoisotopic (exact) mass is 241 g/mol. The third kappa shape index (κ3) is 2.14. The van der Waals surface area contributed by atoms with Gasteiger partial charge >= 0.3 is 0 Å². The first-order valence-electron chi connectivity index (χ1n) is 6.17. The number of carbonyl (C=O) groups excluding carboxylic acids is 1. The predicted octanol–water partition coefficient (Wildman–Crippen LogP) is 1.69. The Labute approximate surface area is 106 Å². The van der Waals surface area contributed by atoms with Crippen molar-refractivity contribution in [3.05, 3.63) is 53.9 Å². The van der Waals surface area contributed by atoms with Gasteiger partial charge in [-0.25, -0.2) is 0 Å². The molecule has 0 radical (unpaired) electrons. The molecule has 2 aromatic rings. The Hall–Kier alpha value is -2.10. The maximum Gasteiger partial charge on any atom is 0.242 e. The summed E-state index contributed by atoms with van der Waals surface area (Å²) in [5.74, 6) is 0.0143. The van der Waals surface area contributed by atoms with Crippen LogP contribution >= 0.6 is 0 Å². The van der Waals surface area contributed by atoms with Gasteiger partial charge in [0.05, 0.1) is 6.04 Å². The van der Waals surface area contributed by atoms with Gasteiger partial charge in [-0.2, -0.15) is 5.10 Å². The molecule has 1 atom stereocenters. The number of amides is 1. The van der Waals surface area contributed by atoms with E-state index in [1.165, 1.54) is 11.1 Å². The van der Waals surface area contributed by atoms with Crippen LogP contribution in [-0.2, 0) is 17.8 Å². The molecule has 0 saturated heterocycles. The Morgan fingerprint density at radius 1 is 1.39 bits per heavy atom. The molecule has 1 amide bonds. The van der Waals surface area contributed by atoms with Crippen molar-refractivity contribution in [2.75, 3.05) is 0 Å². The quantitative estimate of drug-likeness (QED) is 0.888. The van der Waals surface area contributed by atoms with Crippen molar-refractivity contribution in [3.63, 3.8) is 0 Å². The second-order valence-electron chi connectivity index (χ2n) is 4.56. The van der Waals surface area contributed by atoms with Gasteiger partial charge in [0.1, 0.15) is 6.54 Å². The van der Waals surface area contributed by atoms with Gasteiger partial charge in [-0.1, -0.05) is 24.3 Å². The van der Waals surface area contributed by atoms with Crippen molar-refractivity contribution in [2.45, 2.75) is 25.4 Å². The first kappa shape index (κ1) is 11.0. The molecule has 92 valence electrons. The van der Waals surface area contributed by atoms with Gasteiger partial charge < -0.3 is 5.32 Å². The van der Waals surface area contributed by atoms with Gasteiger partial charge in [-0.15, -0.1) is 0 Å². The third-order valence-electron chi connectivity index (χ3n) is 3.33. The van der Waals surface area contributed by atoms with Crippen LogP contribution in [-0.4, -0.2) is 15.7 Å². The number of nitrogens with zero attached hydrogens (tertiary/aromatic N) is 2. The summed E-state index contributed by atoms with van der Waals surface area (Å²) >= 11 is 0. The molecule has 18 heavy (non-hydrogen) atoms. The number of fused-ring (bicyclic) bond motifs is 1. The summed E-state index contributed by atoms with van der Waals surface area (Å²) in [7, 11) is 0. The van der Waals surface area contributed by atoms with Crippen LogP contribution in [0.15, 0.2) is 42.7 Å². The van der Waals surface area contributed by atoms with Gasteiger partial charge in [0.2, 0.25) is 5.91 Å². The lowest BCUT2D eigenvalue weighted by molar-refractivity contribution is -0.122. The zero-order chi connectivity index (χ0) is 12.4. The van der Waals surface area contributed by atoms with Crippen LogP contribution in [0.4, 0.5) is 0 Å². The van der Waals surface area contributed by atoms with Crippen LogP contribution in [0.25, 0.3) is 0 Å². The first-order chi connectivity index (χ1) is 8.83. The largest absolute Gasteiger partial charge is 0.348 e. The molecule has 1 N–H and O–H groups in total. The van der Waals surface area contributed by atoms with Crippen molar-refractivity contribution in [2.24, 2.45) is 0 Å². The second-order valence-corrected chi connectivity index (χ2v) is 4.56. The highest BCUT2D eigenvalue weighted by Gasteiger charge is 2.23. The van der Waals surface area contributed by atoms with E-state index in [0.717, 1.165) is 12.8 Å². The van der Waals surface area contributed by atoms with Crippen molar-refractivity contribution in [1.29, 1.82) is 0 Å². The van der Waals surface area contributed by atoms with Crippen molar-refractivity contribution < 1.29 is 4.79 Å². The van der Waals surface area contributed by atoms with Crippen molar-refractivity contribution >= 4 is 5.91 Å². The zero-order valence-corrected chi connectivity index (χ0v) is 10.0. The normalized spacial score (nSPS) is 17.4. The van der Waals surface area contributed by atoms with E-state index >= 15 is 0 Å². The summed E-state index contributed by atoms with van der Waals surface area (Å²) in [5, 5.41) is 7.10. The third-order valence-corrected chi connectivity index (χ3v) is 3.33. The van der Waals surface area contributed by atoms with Crippen LogP contribution in [0.2, 0.25) is 0 Å². The SMILES string of the molecule is O=C(Cn1cccn1)NC1CCc2ccccc21. The van der Waals surface area contributed by atoms with Gasteiger partial charge in [0.25, 0.3) is 0 Å². The molecule has 1 aromatic carbocycles. The standard InChI is InChI=1S/C14H15N3O/c18-14(10-17-9-3-8-15-17)16-13-7-6-11-4-1-2-5-12(11)13/h1-5,8-9,13H,6-7,10H2,(H,16,18). The lowest BCUT2D eigenvalue weighted by atomic mass is 10.1. The Kier molecular flexibility index (Phi) is 2.84. The van der Waals surface area contributed by atoms with Crippen LogP contribution < -0.4 is 5.32 Å². The maximum absolute atomic E-state index is 11.9. The van der Waals surface area contributed by atoms with E-state index in [4.69, 9.17) is 0 Å². The number of benzene rings is 1. The number of aromatic nitrogens is 2. The summed E-state index contributed by atoms with van der Waals surface area (Å²) in [6.07, 6.45) is 5.51. The van der Waals surface area contributed by atoms with E-state index in [2.05, 4.69) is 22.5 Å². The Morgan fingerprint density at radius 3 is 3.11 bits per heavy atom. The number of nitrogens with one attached hydrogen (secondary N) is 1. The van der Waals surface area contributed by atoms with Crippen LogP contribution in [0.1, 0.15) is 23.6 Å². The summed E-state index contributed by atoms with van der Waals surface area (Å²) < 4.78 is 1.64. The van der Waals surface area contributed by atoms with E-state index in [9.17, 15) is 4.79 Å². The molecule has 0 spiro atoms. The summed E-state index contributed by atoms with van der Waals surface area (Å²) in [5.41, 5.74) is 2.60. The fourth-order valence-electron chi connectivity index (χ4n) is 2.49. The molecule has 1 aromatic heterocycles. The highest BCUT2D eigenvalue weighted by molar-refractivity contribution is 5.76. The molecular weight excluding hydrogens is 226 g/mol. The smallest absolute Gasteiger partial charge is 0.242 e. The van der Waals surface area contributed by atoms with Gasteiger partial charge in [-0.3, -0.25) is 9.48 Å². The molecule has 1 aliphatic carbocycles. The zero-order valence-electron chi connectivity index (χ0n) is 10.0. The maximum atomic E-state index is 11.9. The fraction of sp³-hybridized carbons (Fsp3) is 0.286. The van der Waals surface area contributed by atoms with E-state index in [1.54, 1.807) is 17.1 Å². The lowest BCUT2D eigenvalue weighted by Gasteiger charge is -2.14. The first-order valence-corrected chi connectivity index (χ1v) is 6.17. The molecule has 0 fully saturated rings. The van der Waals surface area contributed by atoms with Crippen molar-refractivity contribution in [1.82, 2.24) is 15.1 Å². The number of rotatable bonds is 3. The van der Waals surface area contributed by atoms with E-state index in [1.807, 2.05) is 18.2 Å². The Balaban J connectivity index is 1.66. The molecule has 1 unspecified atom stereocenters. The summed E-state index contributed by atoms with van der Waals surface area (Å²) in [4.78, 5) is 11.9. The molecule has 3 rings (SSSR count). The summed E-state index contributed by atoms with van der Waals surface area (Å²) in [6.45, 7) is 0.283. The molecule has 0 aliphatic heterocycles. The number of hydrogen-bond acceptors (Lipinski definition) is 2. The molecule has 1 heterocycles. The second kappa shape index (κ2) is 4.64. The average Bonchev–Trinajstić information content (AvgIpc) is 3.00. The minimum Gasteiger partial charge on any atom is -0.348 e. The Morgan fingerprint density at radius 2 is 2.28 bits per heavy atom. The number of carbonyl (C=O) groups is 1. The minimum absolute atomic E-state index is 0.0143. The highest BCUT2D eigenvalue weighted by Crippen LogP contribution is 2.30. The molecule has 4 heteroatoms. The Bertz CT molecular complexity index is 548. The van der Waals surface area contributed by atoms with E-state index in [-0.39, 0.29) is 18.5 Å². The predicted molar refractivity (Wildman–Crippen MR) is 67.9 cm³/mol. The van der Waals surface area contributed by atoms with E-state index in [0.29, 0.717) is 0 Å². The molecular formula is C14H15N3O. The molecule has 1 aliphatic rings. The van der Waals surface area contributed by atoms with Crippen LogP contribution in [0.5, 0.6) is 0 Å². The molecule has 0 bridgehead atoms. The van der Waals surface area contributed by atoms with Crippen LogP contribution in [0.3, 0.4) is 0 Å². The van der Waals surface area contributed by atoms with E-state index < -0.39 is 0 Å². The average molecular weight is 241 g/mol. The number of hydrogen-bond donors (Lipinski definition) is 1. The topological polar surface area (TPSA) is 46.9 Å². The molecule has 4 nitrogen and oxygen atoms in total. The fourth-order valence-corrected chi connectivity index (χ4v) is 2.49. The number of aryl methyl sites for hydroxylation is 1. The lowest BCUT2D eigenvalue weighted by Crippen LogP contribution is -2.30.